The summed E-state index contributed by atoms with van der Waals surface area (Å²) in [7, 11) is 0. The molecule has 7 rings (SSSR count). The number of nitro groups is 1. The molecule has 0 N–H and O–H groups in total. The molecule has 42 heavy (non-hydrogen) atoms. The zero-order valence-corrected chi connectivity index (χ0v) is 25.8. The van der Waals surface area contributed by atoms with Crippen LogP contribution in [0.2, 0.25) is 0 Å². The topological polar surface area (TPSA) is 82.4 Å². The molecule has 7 nitrogen and oxygen atoms in total. The lowest BCUT2D eigenvalue weighted by molar-refractivity contribution is -0.384. The molecule has 3 aromatic carbocycles. The number of nitrogens with zero attached hydrogens (tertiary/aromatic N) is 4. The number of thiazole rings is 1. The number of nitro benzene ring substituents is 1. The third kappa shape index (κ3) is 4.38. The number of non-ortho nitro benzene ring substituents is 1. The number of hydrogen-bond acceptors (Lipinski definition) is 5. The average molecular weight is 685 g/mol. The standard InChI is InChI=1S/C33H25IN4O3S/c1-19-16-23(20(2)36(19)25-13-11-24(34)12-14-25)18-29-32(39)37-31(22-7-5-8-26(17-22)38(40)41)28-15-10-21-6-3-4-9-27(21)30(28)35-33(37)42-29/h3-9,11-14,16-18,31H,10,15H2,1-2H3. The molecule has 2 aliphatic rings. The molecule has 0 spiro atoms. The van der Waals surface area contributed by atoms with Gasteiger partial charge in [0.2, 0.25) is 0 Å². The smallest absolute Gasteiger partial charge is 0.271 e. The highest BCUT2D eigenvalue weighted by molar-refractivity contribution is 14.1. The van der Waals surface area contributed by atoms with Gasteiger partial charge in [-0.05, 0) is 108 Å². The van der Waals surface area contributed by atoms with Crippen molar-refractivity contribution in [3.8, 4) is 5.69 Å². The minimum atomic E-state index is -0.467. The van der Waals surface area contributed by atoms with Crippen molar-refractivity contribution < 1.29 is 4.92 Å². The van der Waals surface area contributed by atoms with Crippen LogP contribution in [0, 0.1) is 27.5 Å². The fourth-order valence-corrected chi connectivity index (χ4v) is 7.54. The lowest BCUT2D eigenvalue weighted by Crippen LogP contribution is -2.38. The summed E-state index contributed by atoms with van der Waals surface area (Å²) in [6.45, 7) is 4.13. The Morgan fingerprint density at radius 1 is 1.02 bits per heavy atom. The molecule has 9 heteroatoms. The second kappa shape index (κ2) is 10.3. The maximum absolute atomic E-state index is 14.2. The predicted octanol–water partition coefficient (Wildman–Crippen LogP) is 6.24. The lowest BCUT2D eigenvalue weighted by Gasteiger charge is -2.30. The molecule has 5 aromatic rings. The van der Waals surface area contributed by atoms with E-state index in [1.807, 2.05) is 24.3 Å². The molecule has 0 saturated heterocycles. The van der Waals surface area contributed by atoms with Crippen molar-refractivity contribution in [3.05, 3.63) is 151 Å². The van der Waals surface area contributed by atoms with Gasteiger partial charge in [0.05, 0.1) is 21.2 Å². The fourth-order valence-electron chi connectivity index (χ4n) is 6.19. The van der Waals surface area contributed by atoms with E-state index in [-0.39, 0.29) is 16.2 Å². The fraction of sp³-hybridized carbons (Fsp3) is 0.152. The van der Waals surface area contributed by atoms with Gasteiger partial charge >= 0.3 is 0 Å². The van der Waals surface area contributed by atoms with Crippen molar-refractivity contribution in [1.82, 2.24) is 9.13 Å². The van der Waals surface area contributed by atoms with Crippen molar-refractivity contribution in [2.24, 2.45) is 4.99 Å². The van der Waals surface area contributed by atoms with Crippen LogP contribution in [0.25, 0.3) is 17.5 Å². The van der Waals surface area contributed by atoms with E-state index in [0.717, 1.165) is 57.9 Å². The van der Waals surface area contributed by atoms with Crippen molar-refractivity contribution >= 4 is 51.4 Å². The van der Waals surface area contributed by atoms with Gasteiger partial charge in [0.15, 0.2) is 4.80 Å². The van der Waals surface area contributed by atoms with E-state index < -0.39 is 6.04 Å². The predicted molar refractivity (Wildman–Crippen MR) is 174 cm³/mol. The first-order valence-electron chi connectivity index (χ1n) is 13.6. The van der Waals surface area contributed by atoms with Gasteiger partial charge in [-0.2, -0.15) is 0 Å². The third-order valence-electron chi connectivity index (χ3n) is 8.11. The van der Waals surface area contributed by atoms with Crippen LogP contribution in [0.3, 0.4) is 0 Å². The Labute approximate surface area is 259 Å². The summed E-state index contributed by atoms with van der Waals surface area (Å²) < 4.78 is 5.69. The number of hydrogen-bond donors (Lipinski definition) is 0. The van der Waals surface area contributed by atoms with E-state index >= 15 is 0 Å². The zero-order chi connectivity index (χ0) is 29.1. The van der Waals surface area contributed by atoms with Crippen LogP contribution < -0.4 is 14.9 Å². The first-order chi connectivity index (χ1) is 20.3. The number of rotatable bonds is 4. The molecular formula is C33H25IN4O3S. The molecule has 208 valence electrons. The normalized spacial score (nSPS) is 16.1. The molecule has 0 amide bonds. The van der Waals surface area contributed by atoms with E-state index in [1.54, 1.807) is 16.7 Å². The quantitative estimate of drug-likeness (QED) is 0.128. The van der Waals surface area contributed by atoms with Gasteiger partial charge in [0, 0.05) is 38.3 Å². The van der Waals surface area contributed by atoms with Crippen LogP contribution in [0.5, 0.6) is 0 Å². The second-order valence-electron chi connectivity index (χ2n) is 10.6. The van der Waals surface area contributed by atoms with Gasteiger partial charge in [-0.25, -0.2) is 4.99 Å². The van der Waals surface area contributed by atoms with Crippen molar-refractivity contribution in [1.29, 1.82) is 0 Å². The third-order valence-corrected chi connectivity index (χ3v) is 9.81. The molecule has 0 bridgehead atoms. The van der Waals surface area contributed by atoms with Crippen LogP contribution in [0.15, 0.2) is 94.2 Å². The molecule has 3 heterocycles. The highest BCUT2D eigenvalue weighted by Gasteiger charge is 2.33. The Kier molecular flexibility index (Phi) is 6.58. The Morgan fingerprint density at radius 3 is 2.60 bits per heavy atom. The summed E-state index contributed by atoms with van der Waals surface area (Å²) in [6.07, 6.45) is 3.51. The Morgan fingerprint density at radius 2 is 1.81 bits per heavy atom. The van der Waals surface area contributed by atoms with Gasteiger partial charge in [0.25, 0.3) is 11.2 Å². The lowest BCUT2D eigenvalue weighted by atomic mass is 9.83. The summed E-state index contributed by atoms with van der Waals surface area (Å²) in [4.78, 5) is 31.1. The largest absolute Gasteiger partial charge is 0.318 e. The van der Waals surface area contributed by atoms with Crippen LogP contribution in [-0.2, 0) is 6.42 Å². The maximum Gasteiger partial charge on any atom is 0.271 e. The highest BCUT2D eigenvalue weighted by Crippen LogP contribution is 2.41. The summed E-state index contributed by atoms with van der Waals surface area (Å²) >= 11 is 3.67. The maximum atomic E-state index is 14.2. The molecule has 2 aromatic heterocycles. The van der Waals surface area contributed by atoms with E-state index in [0.29, 0.717) is 9.33 Å². The monoisotopic (exact) mass is 684 g/mol. The van der Waals surface area contributed by atoms with Gasteiger partial charge in [-0.3, -0.25) is 19.5 Å². The van der Waals surface area contributed by atoms with Gasteiger partial charge in [-0.15, -0.1) is 0 Å². The number of fused-ring (bicyclic) bond motifs is 3. The minimum Gasteiger partial charge on any atom is -0.318 e. The molecule has 0 saturated carbocycles. The van der Waals surface area contributed by atoms with Crippen molar-refractivity contribution in [2.75, 3.05) is 0 Å². The van der Waals surface area contributed by atoms with Gasteiger partial charge < -0.3 is 4.57 Å². The van der Waals surface area contributed by atoms with Crippen LogP contribution in [0.4, 0.5) is 5.69 Å². The second-order valence-corrected chi connectivity index (χ2v) is 12.9. The highest BCUT2D eigenvalue weighted by atomic mass is 127. The molecule has 0 fully saturated rings. The molecule has 1 atom stereocenters. The van der Waals surface area contributed by atoms with Gasteiger partial charge in [-0.1, -0.05) is 47.7 Å². The summed E-state index contributed by atoms with van der Waals surface area (Å²) in [5.74, 6) is 0. The number of allylic oxidation sites excluding steroid dienone is 1. The summed E-state index contributed by atoms with van der Waals surface area (Å²) in [5.41, 5.74) is 8.93. The first kappa shape index (κ1) is 26.8. The van der Waals surface area contributed by atoms with Crippen molar-refractivity contribution in [3.63, 3.8) is 0 Å². The van der Waals surface area contributed by atoms with Gasteiger partial charge in [0.1, 0.15) is 0 Å². The number of benzene rings is 3. The molecule has 1 unspecified atom stereocenters. The first-order valence-corrected chi connectivity index (χ1v) is 15.5. The van der Waals surface area contributed by atoms with E-state index in [1.165, 1.54) is 26.5 Å². The molecule has 0 radical (unpaired) electrons. The van der Waals surface area contributed by atoms with Crippen LogP contribution >= 0.6 is 33.9 Å². The van der Waals surface area contributed by atoms with Crippen molar-refractivity contribution in [2.45, 2.75) is 32.7 Å². The minimum absolute atomic E-state index is 0.00743. The van der Waals surface area contributed by atoms with E-state index in [4.69, 9.17) is 4.99 Å². The number of halogens is 1. The number of aromatic nitrogens is 2. The van der Waals surface area contributed by atoms with E-state index in [9.17, 15) is 14.9 Å². The summed E-state index contributed by atoms with van der Waals surface area (Å²) in [5, 5.41) is 11.7. The Bertz CT molecular complexity index is 2140. The molecule has 1 aliphatic carbocycles. The Balaban J connectivity index is 1.44. The molecule has 1 aliphatic heterocycles. The average Bonchev–Trinajstić information content (AvgIpc) is 3.45. The van der Waals surface area contributed by atoms with Crippen LogP contribution in [0.1, 0.15) is 46.1 Å². The van der Waals surface area contributed by atoms with Crippen LogP contribution in [-0.4, -0.2) is 14.1 Å². The van der Waals surface area contributed by atoms with E-state index in [2.05, 4.69) is 83.5 Å². The molecular weight excluding hydrogens is 659 g/mol. The Hall–Kier alpha value is -4.09. The zero-order valence-electron chi connectivity index (χ0n) is 22.9. The number of aryl methyl sites for hydroxylation is 2. The SMILES string of the molecule is Cc1cc(C=c2sc3n(c2=O)C(c2cccc([N+](=O)[O-])c2)C2=C(N=3)c3ccccc3CC2)c(C)n1-c1ccc(I)cc1. The summed E-state index contributed by atoms with van der Waals surface area (Å²) in [6, 6.07) is 24.9.